The van der Waals surface area contributed by atoms with Crippen LogP contribution in [0.1, 0.15) is 29.3 Å². The number of benzene rings is 4. The second kappa shape index (κ2) is 15.2. The third kappa shape index (κ3) is 8.93. The highest BCUT2D eigenvalue weighted by molar-refractivity contribution is 8.00. The molecule has 0 saturated carbocycles. The van der Waals surface area contributed by atoms with Gasteiger partial charge in [0.25, 0.3) is 17.5 Å². The van der Waals surface area contributed by atoms with Crippen molar-refractivity contribution in [3.8, 4) is 0 Å². The largest absolute Gasteiger partial charge is 0.325 e. The predicted octanol–water partition coefficient (Wildman–Crippen LogP) is 7.82. The van der Waals surface area contributed by atoms with Crippen LogP contribution in [-0.2, 0) is 9.59 Å². The first-order valence-corrected chi connectivity index (χ1v) is 14.9. The van der Waals surface area contributed by atoms with Crippen molar-refractivity contribution < 1.29 is 19.3 Å². The molecule has 0 saturated heterocycles. The van der Waals surface area contributed by atoms with Gasteiger partial charge in [-0.3, -0.25) is 24.5 Å². The van der Waals surface area contributed by atoms with Gasteiger partial charge in [-0.25, -0.2) is 0 Å². The Kier molecular flexibility index (Phi) is 11.1. The SMILES string of the molecule is CCC(Sc1cccc(NC(=O)/C(=C\c2ccccc2[N+](=O)[O-])NC(=O)c2ccccc2)c1)C(=O)Nc1cc(Cl)cc(Cl)c1. The summed E-state index contributed by atoms with van der Waals surface area (Å²) >= 11 is 13.4. The lowest BCUT2D eigenvalue weighted by Gasteiger charge is -2.16. The van der Waals surface area contributed by atoms with Crippen LogP contribution in [0.3, 0.4) is 0 Å². The van der Waals surface area contributed by atoms with Gasteiger partial charge >= 0.3 is 0 Å². The molecular weight excluding hydrogens is 623 g/mol. The summed E-state index contributed by atoms with van der Waals surface area (Å²) in [5.41, 5.74) is 0.878. The zero-order valence-electron chi connectivity index (χ0n) is 23.3. The van der Waals surface area contributed by atoms with E-state index >= 15 is 0 Å². The summed E-state index contributed by atoms with van der Waals surface area (Å²) in [6.07, 6.45) is 1.77. The van der Waals surface area contributed by atoms with Crippen molar-refractivity contribution >= 4 is 75.8 Å². The molecular formula is C32H26Cl2N4O5S. The maximum absolute atomic E-state index is 13.5. The number of nitrogens with one attached hydrogen (secondary N) is 3. The smallest absolute Gasteiger partial charge is 0.276 e. The molecule has 9 nitrogen and oxygen atoms in total. The van der Waals surface area contributed by atoms with Crippen LogP contribution in [0.4, 0.5) is 17.1 Å². The third-order valence-corrected chi connectivity index (χ3v) is 7.92. The van der Waals surface area contributed by atoms with Crippen LogP contribution < -0.4 is 16.0 Å². The van der Waals surface area contributed by atoms with E-state index in [1.54, 1.807) is 78.9 Å². The molecule has 12 heteroatoms. The summed E-state index contributed by atoms with van der Waals surface area (Å²) in [5, 5.41) is 20.1. The molecule has 0 heterocycles. The Hall–Kier alpha value is -4.64. The minimum Gasteiger partial charge on any atom is -0.325 e. The van der Waals surface area contributed by atoms with E-state index in [0.717, 1.165) is 0 Å². The average Bonchev–Trinajstić information content (AvgIpc) is 2.99. The van der Waals surface area contributed by atoms with E-state index in [4.69, 9.17) is 23.2 Å². The summed E-state index contributed by atoms with van der Waals surface area (Å²) in [5.74, 6) is -1.51. The van der Waals surface area contributed by atoms with Crippen molar-refractivity contribution in [1.82, 2.24) is 5.32 Å². The highest BCUT2D eigenvalue weighted by atomic mass is 35.5. The molecule has 0 aromatic heterocycles. The summed E-state index contributed by atoms with van der Waals surface area (Å²) in [4.78, 5) is 51.1. The number of anilines is 2. The van der Waals surface area contributed by atoms with E-state index in [1.807, 2.05) is 6.92 Å². The van der Waals surface area contributed by atoms with Gasteiger partial charge < -0.3 is 16.0 Å². The molecule has 4 aromatic carbocycles. The number of amides is 3. The Morgan fingerprint density at radius 1 is 0.864 bits per heavy atom. The molecule has 0 aliphatic heterocycles. The van der Waals surface area contributed by atoms with Crippen molar-refractivity contribution in [2.75, 3.05) is 10.6 Å². The Morgan fingerprint density at radius 3 is 2.23 bits per heavy atom. The van der Waals surface area contributed by atoms with Gasteiger partial charge in [0, 0.05) is 37.9 Å². The molecule has 1 unspecified atom stereocenters. The quantitative estimate of drug-likeness (QED) is 0.0658. The molecule has 224 valence electrons. The Labute approximate surface area is 267 Å². The summed E-state index contributed by atoms with van der Waals surface area (Å²) in [6, 6.07) is 25.8. The topological polar surface area (TPSA) is 130 Å². The van der Waals surface area contributed by atoms with E-state index in [0.29, 0.717) is 38.3 Å². The molecule has 0 aliphatic carbocycles. The van der Waals surface area contributed by atoms with Crippen molar-refractivity contribution in [3.05, 3.63) is 134 Å². The van der Waals surface area contributed by atoms with Crippen LogP contribution in [0.2, 0.25) is 10.0 Å². The van der Waals surface area contributed by atoms with Crippen molar-refractivity contribution in [2.24, 2.45) is 0 Å². The highest BCUT2D eigenvalue weighted by Gasteiger charge is 2.21. The fourth-order valence-corrected chi connectivity index (χ4v) is 5.59. The third-order valence-electron chi connectivity index (χ3n) is 6.13. The minimum absolute atomic E-state index is 0.137. The van der Waals surface area contributed by atoms with E-state index in [-0.39, 0.29) is 22.9 Å². The van der Waals surface area contributed by atoms with Crippen LogP contribution >= 0.6 is 35.0 Å². The molecule has 3 N–H and O–H groups in total. The number of hydrogen-bond acceptors (Lipinski definition) is 6. The first-order valence-electron chi connectivity index (χ1n) is 13.3. The molecule has 1 atom stereocenters. The van der Waals surface area contributed by atoms with E-state index < -0.39 is 22.0 Å². The van der Waals surface area contributed by atoms with Crippen LogP contribution in [0, 0.1) is 10.1 Å². The summed E-state index contributed by atoms with van der Waals surface area (Å²) in [7, 11) is 0. The Balaban J connectivity index is 1.54. The van der Waals surface area contributed by atoms with Crippen LogP contribution in [0.15, 0.2) is 108 Å². The lowest BCUT2D eigenvalue weighted by Crippen LogP contribution is -2.30. The number of thioether (sulfide) groups is 1. The number of halogens is 2. The van der Waals surface area contributed by atoms with Gasteiger partial charge in [0.15, 0.2) is 0 Å². The highest BCUT2D eigenvalue weighted by Crippen LogP contribution is 2.30. The van der Waals surface area contributed by atoms with Crippen LogP contribution in [0.5, 0.6) is 0 Å². The molecule has 4 aromatic rings. The number of carbonyl (C=O) groups excluding carboxylic acids is 3. The number of nitrogens with zero attached hydrogens (tertiary/aromatic N) is 1. The van der Waals surface area contributed by atoms with Gasteiger partial charge in [-0.1, -0.05) is 66.5 Å². The molecule has 0 fully saturated rings. The maximum Gasteiger partial charge on any atom is 0.276 e. The fourth-order valence-electron chi connectivity index (χ4n) is 4.05. The number of hydrogen-bond donors (Lipinski definition) is 3. The van der Waals surface area contributed by atoms with E-state index in [2.05, 4.69) is 16.0 Å². The van der Waals surface area contributed by atoms with Gasteiger partial charge in [0.2, 0.25) is 5.91 Å². The molecule has 4 rings (SSSR count). The number of nitro groups is 1. The first kappa shape index (κ1) is 32.3. The van der Waals surface area contributed by atoms with Gasteiger partial charge in [-0.2, -0.15) is 0 Å². The van der Waals surface area contributed by atoms with E-state index in [1.165, 1.54) is 36.0 Å². The monoisotopic (exact) mass is 648 g/mol. The molecule has 0 aliphatic rings. The maximum atomic E-state index is 13.5. The lowest BCUT2D eigenvalue weighted by molar-refractivity contribution is -0.385. The summed E-state index contributed by atoms with van der Waals surface area (Å²) in [6.45, 7) is 1.88. The molecule has 0 spiro atoms. The molecule has 44 heavy (non-hydrogen) atoms. The lowest BCUT2D eigenvalue weighted by atomic mass is 10.1. The minimum atomic E-state index is -0.697. The number of rotatable bonds is 11. The number of para-hydroxylation sites is 1. The van der Waals surface area contributed by atoms with Crippen molar-refractivity contribution in [2.45, 2.75) is 23.5 Å². The zero-order chi connectivity index (χ0) is 31.6. The van der Waals surface area contributed by atoms with Gasteiger partial charge in [-0.15, -0.1) is 11.8 Å². The van der Waals surface area contributed by atoms with Gasteiger partial charge in [0.1, 0.15) is 5.70 Å². The fraction of sp³-hybridized carbons (Fsp3) is 0.0938. The van der Waals surface area contributed by atoms with Crippen molar-refractivity contribution in [1.29, 1.82) is 0 Å². The normalized spacial score (nSPS) is 11.8. The van der Waals surface area contributed by atoms with E-state index in [9.17, 15) is 24.5 Å². The first-order chi connectivity index (χ1) is 21.1. The standard InChI is InChI=1S/C32H26Cl2N4O5S/c1-2-29(32(41)36-25-17-22(33)16-23(34)18-25)44-26-13-8-12-24(19-26)35-31(40)27(37-30(39)20-9-4-3-5-10-20)15-21-11-6-7-14-28(21)38(42)43/h3-19,29H,2H2,1H3,(H,35,40)(H,36,41)(H,37,39)/b27-15+. The molecule has 0 radical (unpaired) electrons. The van der Waals surface area contributed by atoms with Gasteiger partial charge in [-0.05, 0) is 67.1 Å². The molecule has 3 amide bonds. The predicted molar refractivity (Wildman–Crippen MR) is 175 cm³/mol. The van der Waals surface area contributed by atoms with Crippen LogP contribution in [-0.4, -0.2) is 27.9 Å². The number of carbonyl (C=O) groups is 3. The van der Waals surface area contributed by atoms with Crippen molar-refractivity contribution in [3.63, 3.8) is 0 Å². The Bertz CT molecular complexity index is 1710. The number of nitro benzene ring substituents is 1. The molecule has 0 bridgehead atoms. The van der Waals surface area contributed by atoms with Gasteiger partial charge in [0.05, 0.1) is 15.7 Å². The Morgan fingerprint density at radius 2 is 1.55 bits per heavy atom. The second-order valence-corrected chi connectivity index (χ2v) is 11.5. The zero-order valence-corrected chi connectivity index (χ0v) is 25.6. The average molecular weight is 650 g/mol. The van der Waals surface area contributed by atoms with Crippen LogP contribution in [0.25, 0.3) is 6.08 Å². The summed E-state index contributed by atoms with van der Waals surface area (Å²) < 4.78 is 0. The second-order valence-electron chi connectivity index (χ2n) is 9.34.